The zero-order valence-corrected chi connectivity index (χ0v) is 19.6. The van der Waals surface area contributed by atoms with E-state index in [4.69, 9.17) is 11.6 Å². The van der Waals surface area contributed by atoms with Crippen LogP contribution in [0.2, 0.25) is 5.02 Å². The molecule has 0 spiro atoms. The number of nitro groups is 2. The van der Waals surface area contributed by atoms with Crippen molar-refractivity contribution in [1.29, 1.82) is 0 Å². The summed E-state index contributed by atoms with van der Waals surface area (Å²) in [5.74, 6) is 0. The lowest BCUT2D eigenvalue weighted by molar-refractivity contribution is -0.393. The van der Waals surface area contributed by atoms with Gasteiger partial charge in [-0.25, -0.2) is 0 Å². The summed E-state index contributed by atoms with van der Waals surface area (Å²) in [6, 6.07) is 17.2. The first-order chi connectivity index (χ1) is 15.8. The standard InChI is InChI=1S/C22H19BrClN5O4/c23-15-5-7-16(8-6-15)25-18-13-21(22(29(32)33)14-20(18)28(30)31)27-11-9-26(10-12-27)19-4-2-1-3-17(19)24/h1-8,13-14,25H,9-12H2. The maximum atomic E-state index is 11.8. The summed E-state index contributed by atoms with van der Waals surface area (Å²) in [5.41, 5.74) is 1.41. The lowest BCUT2D eigenvalue weighted by Gasteiger charge is -2.37. The molecule has 11 heteroatoms. The van der Waals surface area contributed by atoms with Crippen LogP contribution in [-0.4, -0.2) is 36.0 Å². The smallest absolute Gasteiger partial charge is 0.299 e. The minimum absolute atomic E-state index is 0.191. The second-order valence-corrected chi connectivity index (χ2v) is 8.75. The van der Waals surface area contributed by atoms with Gasteiger partial charge in [0.15, 0.2) is 0 Å². The molecule has 4 rings (SSSR count). The molecule has 0 atom stereocenters. The molecule has 0 aromatic heterocycles. The van der Waals surface area contributed by atoms with Crippen molar-refractivity contribution in [2.24, 2.45) is 0 Å². The van der Waals surface area contributed by atoms with Gasteiger partial charge in [0.25, 0.3) is 11.4 Å². The van der Waals surface area contributed by atoms with Crippen molar-refractivity contribution in [3.05, 3.63) is 90.4 Å². The van der Waals surface area contributed by atoms with E-state index in [0.29, 0.717) is 42.6 Å². The van der Waals surface area contributed by atoms with Crippen molar-refractivity contribution in [2.75, 3.05) is 41.3 Å². The number of nitrogens with zero attached hydrogens (tertiary/aromatic N) is 4. The molecule has 1 aliphatic rings. The predicted molar refractivity (Wildman–Crippen MR) is 133 cm³/mol. The van der Waals surface area contributed by atoms with Crippen LogP contribution in [-0.2, 0) is 0 Å². The maximum absolute atomic E-state index is 11.8. The molecular formula is C22H19BrClN5O4. The highest BCUT2D eigenvalue weighted by atomic mass is 79.9. The van der Waals surface area contributed by atoms with Gasteiger partial charge in [0.05, 0.1) is 26.6 Å². The molecular weight excluding hydrogens is 514 g/mol. The van der Waals surface area contributed by atoms with Crippen LogP contribution < -0.4 is 15.1 Å². The second kappa shape index (κ2) is 9.63. The molecule has 1 heterocycles. The number of anilines is 4. The van der Waals surface area contributed by atoms with E-state index in [2.05, 4.69) is 26.1 Å². The van der Waals surface area contributed by atoms with Crippen molar-refractivity contribution in [3.8, 4) is 0 Å². The van der Waals surface area contributed by atoms with E-state index >= 15 is 0 Å². The summed E-state index contributed by atoms with van der Waals surface area (Å²) in [4.78, 5) is 26.2. The SMILES string of the molecule is O=[N+]([O-])c1cc([N+](=O)[O-])c(N2CCN(c3ccccc3Cl)CC2)cc1Nc1ccc(Br)cc1. The molecule has 0 amide bonds. The van der Waals surface area contributed by atoms with Crippen LogP contribution >= 0.6 is 27.5 Å². The quantitative estimate of drug-likeness (QED) is 0.307. The summed E-state index contributed by atoms with van der Waals surface area (Å²) in [7, 11) is 0. The van der Waals surface area contributed by atoms with Crippen LogP contribution in [0.5, 0.6) is 0 Å². The minimum Gasteiger partial charge on any atom is -0.367 e. The molecule has 0 bridgehead atoms. The average Bonchev–Trinajstić information content (AvgIpc) is 2.80. The lowest BCUT2D eigenvalue weighted by atomic mass is 10.1. The Hall–Kier alpha value is -3.37. The minimum atomic E-state index is -0.618. The summed E-state index contributed by atoms with van der Waals surface area (Å²) < 4.78 is 0.864. The molecule has 1 aliphatic heterocycles. The van der Waals surface area contributed by atoms with E-state index in [-0.39, 0.29) is 17.1 Å². The van der Waals surface area contributed by atoms with Gasteiger partial charge in [0.2, 0.25) is 0 Å². The summed E-state index contributed by atoms with van der Waals surface area (Å²) in [5, 5.41) is 27.1. The molecule has 1 fully saturated rings. The molecule has 0 aliphatic carbocycles. The first-order valence-electron chi connectivity index (χ1n) is 10.1. The van der Waals surface area contributed by atoms with Crippen molar-refractivity contribution in [3.63, 3.8) is 0 Å². The Bertz CT molecular complexity index is 1200. The van der Waals surface area contributed by atoms with Crippen LogP contribution in [0.15, 0.2) is 65.1 Å². The Morgan fingerprint density at radius 3 is 1.97 bits per heavy atom. The summed E-state index contributed by atoms with van der Waals surface area (Å²) >= 11 is 9.67. The molecule has 1 saturated heterocycles. The molecule has 0 radical (unpaired) electrons. The van der Waals surface area contributed by atoms with E-state index in [1.165, 1.54) is 6.07 Å². The number of nitrogens with one attached hydrogen (secondary N) is 1. The van der Waals surface area contributed by atoms with Crippen molar-refractivity contribution >= 4 is 61.7 Å². The molecule has 33 heavy (non-hydrogen) atoms. The van der Waals surface area contributed by atoms with E-state index in [1.807, 2.05) is 29.2 Å². The third-order valence-electron chi connectivity index (χ3n) is 5.42. The van der Waals surface area contributed by atoms with E-state index < -0.39 is 9.85 Å². The number of piperazine rings is 1. The highest BCUT2D eigenvalue weighted by Gasteiger charge is 2.29. The number of benzene rings is 3. The summed E-state index contributed by atoms with van der Waals surface area (Å²) in [6.07, 6.45) is 0. The van der Waals surface area contributed by atoms with E-state index in [1.54, 1.807) is 24.3 Å². The largest absolute Gasteiger partial charge is 0.367 e. The number of nitro benzene ring substituents is 2. The van der Waals surface area contributed by atoms with E-state index in [0.717, 1.165) is 16.2 Å². The van der Waals surface area contributed by atoms with Crippen molar-refractivity contribution < 1.29 is 9.85 Å². The summed E-state index contributed by atoms with van der Waals surface area (Å²) in [6.45, 7) is 2.21. The van der Waals surface area contributed by atoms with Crippen LogP contribution in [0.1, 0.15) is 0 Å². The first-order valence-corrected chi connectivity index (χ1v) is 11.2. The first kappa shape index (κ1) is 22.8. The number of hydrogen-bond acceptors (Lipinski definition) is 7. The van der Waals surface area contributed by atoms with Gasteiger partial charge in [-0.3, -0.25) is 20.2 Å². The number of para-hydroxylation sites is 1. The van der Waals surface area contributed by atoms with Gasteiger partial charge in [-0.1, -0.05) is 39.7 Å². The zero-order valence-electron chi connectivity index (χ0n) is 17.3. The number of rotatable bonds is 6. The van der Waals surface area contributed by atoms with Gasteiger partial charge >= 0.3 is 0 Å². The average molecular weight is 533 g/mol. The molecule has 1 N–H and O–H groups in total. The highest BCUT2D eigenvalue weighted by molar-refractivity contribution is 9.10. The van der Waals surface area contributed by atoms with Gasteiger partial charge in [0.1, 0.15) is 11.4 Å². The van der Waals surface area contributed by atoms with Crippen LogP contribution in [0, 0.1) is 20.2 Å². The lowest BCUT2D eigenvalue weighted by Crippen LogP contribution is -2.46. The van der Waals surface area contributed by atoms with Crippen molar-refractivity contribution in [1.82, 2.24) is 0 Å². The molecule has 3 aromatic carbocycles. The molecule has 0 saturated carbocycles. The third kappa shape index (κ3) is 5.01. The van der Waals surface area contributed by atoms with Gasteiger partial charge in [0, 0.05) is 36.3 Å². The Labute approximate surface area is 203 Å². The molecule has 0 unspecified atom stereocenters. The zero-order chi connectivity index (χ0) is 23.5. The van der Waals surface area contributed by atoms with Gasteiger partial charge < -0.3 is 15.1 Å². The van der Waals surface area contributed by atoms with Gasteiger partial charge in [-0.2, -0.15) is 0 Å². The normalized spacial score (nSPS) is 13.6. The van der Waals surface area contributed by atoms with E-state index in [9.17, 15) is 20.2 Å². The third-order valence-corrected chi connectivity index (χ3v) is 6.27. The Kier molecular flexibility index (Phi) is 6.66. The predicted octanol–water partition coefficient (Wildman–Crippen LogP) is 5.99. The maximum Gasteiger partial charge on any atom is 0.299 e. The monoisotopic (exact) mass is 531 g/mol. The topological polar surface area (TPSA) is 105 Å². The fourth-order valence-electron chi connectivity index (χ4n) is 3.80. The number of hydrogen-bond donors (Lipinski definition) is 1. The van der Waals surface area contributed by atoms with Crippen LogP contribution in [0.3, 0.4) is 0 Å². The Morgan fingerprint density at radius 1 is 0.818 bits per heavy atom. The van der Waals surface area contributed by atoms with Crippen LogP contribution in [0.4, 0.5) is 34.1 Å². The van der Waals surface area contributed by atoms with Gasteiger partial charge in [-0.05, 0) is 42.5 Å². The second-order valence-electron chi connectivity index (χ2n) is 7.43. The fraction of sp³-hybridized carbons (Fsp3) is 0.182. The van der Waals surface area contributed by atoms with Gasteiger partial charge in [-0.15, -0.1) is 0 Å². The highest BCUT2D eigenvalue weighted by Crippen LogP contribution is 2.40. The number of halogens is 2. The molecule has 3 aromatic rings. The molecule has 9 nitrogen and oxygen atoms in total. The van der Waals surface area contributed by atoms with Crippen LogP contribution in [0.25, 0.3) is 0 Å². The fourth-order valence-corrected chi connectivity index (χ4v) is 4.32. The van der Waals surface area contributed by atoms with Crippen molar-refractivity contribution in [2.45, 2.75) is 0 Å². The Morgan fingerprint density at radius 2 is 1.39 bits per heavy atom. The molecule has 170 valence electrons. The Balaban J connectivity index is 1.65.